The van der Waals surface area contributed by atoms with Crippen LogP contribution in [0, 0.1) is 6.92 Å². The first kappa shape index (κ1) is 15.7. The molecule has 1 fully saturated rings. The molecule has 120 valence electrons. The number of aryl methyl sites for hydroxylation is 1. The molecule has 0 radical (unpaired) electrons. The van der Waals surface area contributed by atoms with E-state index in [0.717, 1.165) is 11.1 Å². The van der Waals surface area contributed by atoms with Gasteiger partial charge in [0.1, 0.15) is 6.10 Å². The number of hydrogen-bond acceptors (Lipinski definition) is 3. The molecule has 2 N–H and O–H groups in total. The van der Waals surface area contributed by atoms with E-state index < -0.39 is 0 Å². The SMILES string of the molecule is Cc1ccccc1C1CN(C(=O)c2ccc(CN)cc2)CCO1. The summed E-state index contributed by atoms with van der Waals surface area (Å²) in [5.74, 6) is 0.0513. The third-order valence-corrected chi connectivity index (χ3v) is 4.33. The molecule has 1 amide bonds. The van der Waals surface area contributed by atoms with E-state index in [-0.39, 0.29) is 12.0 Å². The molecule has 0 spiro atoms. The van der Waals surface area contributed by atoms with Gasteiger partial charge >= 0.3 is 0 Å². The van der Waals surface area contributed by atoms with Gasteiger partial charge in [-0.3, -0.25) is 4.79 Å². The quantitative estimate of drug-likeness (QED) is 0.948. The zero-order valence-electron chi connectivity index (χ0n) is 13.4. The van der Waals surface area contributed by atoms with Gasteiger partial charge in [0.25, 0.3) is 5.91 Å². The molecule has 2 aromatic rings. The van der Waals surface area contributed by atoms with Crippen LogP contribution >= 0.6 is 0 Å². The average molecular weight is 310 g/mol. The summed E-state index contributed by atoms with van der Waals surface area (Å²) in [5, 5.41) is 0. The van der Waals surface area contributed by atoms with E-state index in [1.54, 1.807) is 0 Å². The van der Waals surface area contributed by atoms with Crippen molar-refractivity contribution in [3.05, 3.63) is 70.8 Å². The lowest BCUT2D eigenvalue weighted by molar-refractivity contribution is -0.0230. The molecule has 0 aliphatic carbocycles. The van der Waals surface area contributed by atoms with E-state index in [9.17, 15) is 4.79 Å². The van der Waals surface area contributed by atoms with Crippen molar-refractivity contribution in [2.45, 2.75) is 19.6 Å². The number of morpholine rings is 1. The third-order valence-electron chi connectivity index (χ3n) is 4.33. The molecule has 1 atom stereocenters. The normalized spacial score (nSPS) is 18.0. The molecular formula is C19H22N2O2. The van der Waals surface area contributed by atoms with E-state index in [1.165, 1.54) is 5.56 Å². The third kappa shape index (κ3) is 3.44. The second kappa shape index (κ2) is 6.94. The van der Waals surface area contributed by atoms with Crippen molar-refractivity contribution in [2.24, 2.45) is 5.73 Å². The van der Waals surface area contributed by atoms with E-state index in [0.29, 0.717) is 31.8 Å². The van der Waals surface area contributed by atoms with E-state index in [2.05, 4.69) is 19.1 Å². The van der Waals surface area contributed by atoms with Gasteiger partial charge in [-0.25, -0.2) is 0 Å². The van der Waals surface area contributed by atoms with Crippen LogP contribution in [0.25, 0.3) is 0 Å². The zero-order valence-corrected chi connectivity index (χ0v) is 13.4. The second-order valence-electron chi connectivity index (χ2n) is 5.87. The van der Waals surface area contributed by atoms with Gasteiger partial charge in [0.15, 0.2) is 0 Å². The van der Waals surface area contributed by atoms with Crippen LogP contribution in [-0.4, -0.2) is 30.5 Å². The van der Waals surface area contributed by atoms with Crippen molar-refractivity contribution in [3.63, 3.8) is 0 Å². The van der Waals surface area contributed by atoms with Crippen molar-refractivity contribution >= 4 is 5.91 Å². The van der Waals surface area contributed by atoms with Crippen LogP contribution in [0.2, 0.25) is 0 Å². The average Bonchev–Trinajstić information content (AvgIpc) is 2.62. The smallest absolute Gasteiger partial charge is 0.254 e. The first-order valence-electron chi connectivity index (χ1n) is 7.94. The van der Waals surface area contributed by atoms with Crippen LogP contribution in [0.15, 0.2) is 48.5 Å². The number of amides is 1. The number of nitrogens with zero attached hydrogens (tertiary/aromatic N) is 1. The first-order chi connectivity index (χ1) is 11.2. The predicted molar refractivity (Wildman–Crippen MR) is 90.1 cm³/mol. The number of carbonyl (C=O) groups is 1. The molecule has 1 unspecified atom stereocenters. The number of carbonyl (C=O) groups excluding carboxylic acids is 1. The highest BCUT2D eigenvalue weighted by atomic mass is 16.5. The van der Waals surface area contributed by atoms with Crippen LogP contribution in [0.3, 0.4) is 0 Å². The summed E-state index contributed by atoms with van der Waals surface area (Å²) in [6.07, 6.45) is -0.0581. The molecular weight excluding hydrogens is 288 g/mol. The maximum atomic E-state index is 12.7. The van der Waals surface area contributed by atoms with Crippen molar-refractivity contribution in [1.29, 1.82) is 0 Å². The van der Waals surface area contributed by atoms with Crippen molar-refractivity contribution in [2.75, 3.05) is 19.7 Å². The molecule has 2 aromatic carbocycles. The number of nitrogens with two attached hydrogens (primary N) is 1. The fraction of sp³-hybridized carbons (Fsp3) is 0.316. The summed E-state index contributed by atoms with van der Waals surface area (Å²) >= 11 is 0. The molecule has 0 saturated carbocycles. The van der Waals surface area contributed by atoms with Gasteiger partial charge in [-0.2, -0.15) is 0 Å². The van der Waals surface area contributed by atoms with Crippen molar-refractivity contribution in [1.82, 2.24) is 4.90 Å². The molecule has 3 rings (SSSR count). The fourth-order valence-corrected chi connectivity index (χ4v) is 2.94. The lowest BCUT2D eigenvalue weighted by Crippen LogP contribution is -2.42. The maximum absolute atomic E-state index is 12.7. The topological polar surface area (TPSA) is 55.6 Å². The minimum absolute atomic E-state index is 0.0513. The largest absolute Gasteiger partial charge is 0.370 e. The van der Waals surface area contributed by atoms with Crippen molar-refractivity contribution in [3.8, 4) is 0 Å². The minimum Gasteiger partial charge on any atom is -0.370 e. The Labute approximate surface area is 136 Å². The Kier molecular flexibility index (Phi) is 4.74. The van der Waals surface area contributed by atoms with E-state index >= 15 is 0 Å². The molecule has 4 heteroatoms. The molecule has 0 bridgehead atoms. The summed E-state index contributed by atoms with van der Waals surface area (Å²) in [7, 11) is 0. The Hall–Kier alpha value is -2.17. The number of benzene rings is 2. The lowest BCUT2D eigenvalue weighted by Gasteiger charge is -2.34. The molecule has 1 aliphatic heterocycles. The summed E-state index contributed by atoms with van der Waals surface area (Å²) < 4.78 is 5.89. The number of hydrogen-bond donors (Lipinski definition) is 1. The van der Waals surface area contributed by atoms with Gasteiger partial charge in [-0.05, 0) is 35.7 Å². The molecule has 4 nitrogen and oxygen atoms in total. The Bertz CT molecular complexity index is 682. The van der Waals surface area contributed by atoms with Gasteiger partial charge in [0, 0.05) is 18.7 Å². The van der Waals surface area contributed by atoms with Crippen LogP contribution in [0.1, 0.15) is 33.2 Å². The first-order valence-corrected chi connectivity index (χ1v) is 7.94. The van der Waals surface area contributed by atoms with Gasteiger partial charge in [-0.15, -0.1) is 0 Å². The van der Waals surface area contributed by atoms with Crippen LogP contribution in [0.4, 0.5) is 0 Å². The van der Waals surface area contributed by atoms with Gasteiger partial charge in [-0.1, -0.05) is 36.4 Å². The predicted octanol–water partition coefficient (Wildman–Crippen LogP) is 2.67. The Morgan fingerprint density at radius 2 is 1.96 bits per heavy atom. The van der Waals surface area contributed by atoms with Crippen LogP contribution in [0.5, 0.6) is 0 Å². The highest BCUT2D eigenvalue weighted by Crippen LogP contribution is 2.25. The summed E-state index contributed by atoms with van der Waals surface area (Å²) in [6, 6.07) is 15.7. The summed E-state index contributed by atoms with van der Waals surface area (Å²) in [4.78, 5) is 14.6. The van der Waals surface area contributed by atoms with E-state index in [4.69, 9.17) is 10.5 Å². The standard InChI is InChI=1S/C19H22N2O2/c1-14-4-2-3-5-17(14)18-13-21(10-11-23-18)19(22)16-8-6-15(12-20)7-9-16/h2-9,18H,10-13,20H2,1H3. The number of ether oxygens (including phenoxy) is 1. The minimum atomic E-state index is -0.0581. The van der Waals surface area contributed by atoms with Gasteiger partial charge in [0.05, 0.1) is 13.2 Å². The van der Waals surface area contributed by atoms with Gasteiger partial charge in [0.2, 0.25) is 0 Å². The Morgan fingerprint density at radius 1 is 1.22 bits per heavy atom. The molecule has 1 heterocycles. The molecule has 1 saturated heterocycles. The van der Waals surface area contributed by atoms with Crippen LogP contribution in [-0.2, 0) is 11.3 Å². The van der Waals surface area contributed by atoms with E-state index in [1.807, 2.05) is 41.3 Å². The Balaban J connectivity index is 1.75. The highest BCUT2D eigenvalue weighted by molar-refractivity contribution is 5.94. The zero-order chi connectivity index (χ0) is 16.2. The highest BCUT2D eigenvalue weighted by Gasteiger charge is 2.26. The molecule has 0 aromatic heterocycles. The molecule has 23 heavy (non-hydrogen) atoms. The van der Waals surface area contributed by atoms with Crippen LogP contribution < -0.4 is 5.73 Å². The maximum Gasteiger partial charge on any atom is 0.254 e. The fourth-order valence-electron chi connectivity index (χ4n) is 2.94. The monoisotopic (exact) mass is 310 g/mol. The molecule has 1 aliphatic rings. The Morgan fingerprint density at radius 3 is 2.65 bits per heavy atom. The summed E-state index contributed by atoms with van der Waals surface area (Å²) in [6.45, 7) is 4.33. The van der Waals surface area contributed by atoms with Crippen molar-refractivity contribution < 1.29 is 9.53 Å². The summed E-state index contributed by atoms with van der Waals surface area (Å²) in [5.41, 5.74) is 9.68. The second-order valence-corrected chi connectivity index (χ2v) is 5.87. The lowest BCUT2D eigenvalue weighted by atomic mass is 10.0. The van der Waals surface area contributed by atoms with Gasteiger partial charge < -0.3 is 15.4 Å². The number of rotatable bonds is 3.